The lowest BCUT2D eigenvalue weighted by molar-refractivity contribution is -0.125. The molecular formula is C30H29NO3. The largest absolute Gasteiger partial charge is 0.497 e. The molecule has 0 radical (unpaired) electrons. The van der Waals surface area contributed by atoms with Crippen LogP contribution in [0.1, 0.15) is 19.4 Å². The van der Waals surface area contributed by atoms with Crippen LogP contribution in [-0.4, -0.2) is 31.0 Å². The highest BCUT2D eigenvalue weighted by Gasteiger charge is 2.13. The van der Waals surface area contributed by atoms with Crippen LogP contribution in [0.3, 0.4) is 0 Å². The third-order valence-electron chi connectivity index (χ3n) is 5.87. The van der Waals surface area contributed by atoms with Gasteiger partial charge in [-0.15, -0.1) is 0 Å². The molecule has 0 heterocycles. The van der Waals surface area contributed by atoms with E-state index in [1.54, 1.807) is 18.1 Å². The third kappa shape index (κ3) is 5.12. The highest BCUT2D eigenvalue weighted by atomic mass is 16.5. The molecule has 0 bridgehead atoms. The van der Waals surface area contributed by atoms with Crippen LogP contribution in [0.5, 0.6) is 17.2 Å². The van der Waals surface area contributed by atoms with Crippen molar-refractivity contribution in [1.29, 1.82) is 0 Å². The summed E-state index contributed by atoms with van der Waals surface area (Å²) < 4.78 is 11.8. The second kappa shape index (κ2) is 10.7. The fourth-order valence-electron chi connectivity index (χ4n) is 3.92. The van der Waals surface area contributed by atoms with Gasteiger partial charge in [0.25, 0.3) is 0 Å². The zero-order valence-corrected chi connectivity index (χ0v) is 19.8. The van der Waals surface area contributed by atoms with Gasteiger partial charge in [0.15, 0.2) is 0 Å². The van der Waals surface area contributed by atoms with Crippen molar-refractivity contribution in [1.82, 2.24) is 4.90 Å². The Morgan fingerprint density at radius 1 is 0.824 bits per heavy atom. The topological polar surface area (TPSA) is 38.8 Å². The lowest BCUT2D eigenvalue weighted by Crippen LogP contribution is -2.28. The third-order valence-corrected chi connectivity index (χ3v) is 5.87. The Balaban J connectivity index is 1.64. The number of carbonyl (C=O) groups excluding carboxylic acids is 1. The summed E-state index contributed by atoms with van der Waals surface area (Å²) in [6, 6.07) is 28.2. The number of benzene rings is 4. The van der Waals surface area contributed by atoms with Gasteiger partial charge < -0.3 is 14.4 Å². The number of rotatable bonds is 8. The van der Waals surface area contributed by atoms with Crippen LogP contribution in [0.15, 0.2) is 91.0 Å². The van der Waals surface area contributed by atoms with Gasteiger partial charge in [0.05, 0.1) is 7.11 Å². The lowest BCUT2D eigenvalue weighted by Gasteiger charge is -2.16. The van der Waals surface area contributed by atoms with Gasteiger partial charge in [-0.1, -0.05) is 54.6 Å². The molecular weight excluding hydrogens is 422 g/mol. The minimum Gasteiger partial charge on any atom is -0.497 e. The Morgan fingerprint density at radius 3 is 2.18 bits per heavy atom. The van der Waals surface area contributed by atoms with Gasteiger partial charge in [-0.25, -0.2) is 0 Å². The van der Waals surface area contributed by atoms with E-state index in [1.165, 1.54) is 0 Å². The molecule has 1 amide bonds. The first-order valence-electron chi connectivity index (χ1n) is 11.5. The number of methoxy groups -OCH3 is 1. The molecule has 4 heteroatoms. The first kappa shape index (κ1) is 23.1. The van der Waals surface area contributed by atoms with Crippen LogP contribution < -0.4 is 9.47 Å². The summed E-state index contributed by atoms with van der Waals surface area (Å²) in [5, 5.41) is 2.16. The van der Waals surface area contributed by atoms with Crippen LogP contribution >= 0.6 is 0 Å². The zero-order valence-electron chi connectivity index (χ0n) is 19.8. The maximum absolute atomic E-state index is 12.2. The van der Waals surface area contributed by atoms with E-state index in [1.807, 2.05) is 80.6 Å². The van der Waals surface area contributed by atoms with Gasteiger partial charge in [0, 0.05) is 30.1 Å². The minimum atomic E-state index is 0.0187. The summed E-state index contributed by atoms with van der Waals surface area (Å²) in [6.45, 7) is 5.37. The van der Waals surface area contributed by atoms with E-state index < -0.39 is 0 Å². The predicted octanol–water partition coefficient (Wildman–Crippen LogP) is 7.19. The second-order valence-electron chi connectivity index (χ2n) is 7.91. The van der Waals surface area contributed by atoms with Crippen LogP contribution in [0, 0.1) is 0 Å². The number of ether oxygens (including phenoxy) is 2. The summed E-state index contributed by atoms with van der Waals surface area (Å²) in [4.78, 5) is 14.0. The second-order valence-corrected chi connectivity index (χ2v) is 7.91. The van der Waals surface area contributed by atoms with Crippen LogP contribution in [-0.2, 0) is 4.79 Å². The van der Waals surface area contributed by atoms with E-state index in [9.17, 15) is 4.79 Å². The Hall–Kier alpha value is -4.05. The maximum Gasteiger partial charge on any atom is 0.246 e. The standard InChI is InChI=1S/C30H29NO3/c1-4-31(5-2)29(32)21-12-22-10-16-26(17-11-22)34-30-27-9-7-6-8-23(27)15-20-28(30)24-13-18-25(33-3)19-14-24/h6-21H,4-5H2,1-3H3. The molecule has 0 saturated heterocycles. The number of hydrogen-bond donors (Lipinski definition) is 0. The van der Waals surface area contributed by atoms with E-state index in [0.717, 1.165) is 44.7 Å². The number of carbonyl (C=O) groups is 1. The minimum absolute atomic E-state index is 0.0187. The monoisotopic (exact) mass is 451 g/mol. The van der Waals surface area contributed by atoms with Crippen molar-refractivity contribution in [2.75, 3.05) is 20.2 Å². The van der Waals surface area contributed by atoms with Crippen molar-refractivity contribution >= 4 is 22.8 Å². The van der Waals surface area contributed by atoms with Crippen molar-refractivity contribution < 1.29 is 14.3 Å². The Morgan fingerprint density at radius 2 is 1.50 bits per heavy atom. The van der Waals surface area contributed by atoms with Gasteiger partial charge >= 0.3 is 0 Å². The fraction of sp³-hybridized carbons (Fsp3) is 0.167. The Kier molecular flexibility index (Phi) is 7.28. The Labute approximate surface area is 201 Å². The van der Waals surface area contributed by atoms with E-state index >= 15 is 0 Å². The highest BCUT2D eigenvalue weighted by molar-refractivity contribution is 5.95. The van der Waals surface area contributed by atoms with E-state index in [2.05, 4.69) is 24.3 Å². The van der Waals surface area contributed by atoms with E-state index in [4.69, 9.17) is 9.47 Å². The average molecular weight is 452 g/mol. The fourth-order valence-corrected chi connectivity index (χ4v) is 3.92. The average Bonchev–Trinajstić information content (AvgIpc) is 2.89. The molecule has 34 heavy (non-hydrogen) atoms. The van der Waals surface area contributed by atoms with Gasteiger partial charge in [0.1, 0.15) is 17.2 Å². The molecule has 0 unspecified atom stereocenters. The molecule has 0 N–H and O–H groups in total. The number of nitrogens with zero attached hydrogens (tertiary/aromatic N) is 1. The van der Waals surface area contributed by atoms with Crippen molar-refractivity contribution in [2.45, 2.75) is 13.8 Å². The van der Waals surface area contributed by atoms with Gasteiger partial charge in [-0.05, 0) is 66.8 Å². The summed E-state index contributed by atoms with van der Waals surface area (Å²) in [6.07, 6.45) is 3.46. The molecule has 0 aliphatic carbocycles. The number of fused-ring (bicyclic) bond motifs is 1. The van der Waals surface area contributed by atoms with E-state index in [0.29, 0.717) is 13.1 Å². The molecule has 4 aromatic rings. The number of likely N-dealkylation sites (N-methyl/N-ethyl adjacent to an activating group) is 1. The first-order chi connectivity index (χ1) is 16.6. The normalized spacial score (nSPS) is 11.0. The smallest absolute Gasteiger partial charge is 0.246 e. The molecule has 0 aliphatic heterocycles. The van der Waals surface area contributed by atoms with Gasteiger partial charge in [-0.3, -0.25) is 4.79 Å². The predicted molar refractivity (Wildman–Crippen MR) is 139 cm³/mol. The van der Waals surface area contributed by atoms with Gasteiger partial charge in [-0.2, -0.15) is 0 Å². The Bertz CT molecular complexity index is 1290. The summed E-state index contributed by atoms with van der Waals surface area (Å²) in [5.41, 5.74) is 3.01. The van der Waals surface area contributed by atoms with Crippen LogP contribution in [0.25, 0.3) is 28.0 Å². The molecule has 4 rings (SSSR count). The summed E-state index contributed by atoms with van der Waals surface area (Å²) in [5.74, 6) is 2.38. The molecule has 4 nitrogen and oxygen atoms in total. The van der Waals surface area contributed by atoms with E-state index in [-0.39, 0.29) is 5.91 Å². The molecule has 0 fully saturated rings. The van der Waals surface area contributed by atoms with Crippen molar-refractivity contribution in [3.63, 3.8) is 0 Å². The molecule has 172 valence electrons. The first-order valence-corrected chi connectivity index (χ1v) is 11.5. The molecule has 0 atom stereocenters. The maximum atomic E-state index is 12.2. The lowest BCUT2D eigenvalue weighted by atomic mass is 9.99. The summed E-state index contributed by atoms with van der Waals surface area (Å²) in [7, 11) is 1.66. The SMILES string of the molecule is CCN(CC)C(=O)C=Cc1ccc(Oc2c(-c3ccc(OC)cc3)ccc3ccccc23)cc1. The zero-order chi connectivity index (χ0) is 23.9. The quantitative estimate of drug-likeness (QED) is 0.266. The molecule has 0 aromatic heterocycles. The van der Waals surface area contributed by atoms with Crippen LogP contribution in [0.4, 0.5) is 0 Å². The van der Waals surface area contributed by atoms with Gasteiger partial charge in [0.2, 0.25) is 5.91 Å². The van der Waals surface area contributed by atoms with Crippen molar-refractivity contribution in [3.8, 4) is 28.4 Å². The molecule has 0 spiro atoms. The van der Waals surface area contributed by atoms with Crippen molar-refractivity contribution in [3.05, 3.63) is 96.6 Å². The number of hydrogen-bond acceptors (Lipinski definition) is 3. The molecule has 4 aromatic carbocycles. The van der Waals surface area contributed by atoms with Crippen molar-refractivity contribution in [2.24, 2.45) is 0 Å². The van der Waals surface area contributed by atoms with Crippen LogP contribution in [0.2, 0.25) is 0 Å². The molecule has 0 aliphatic rings. The summed E-state index contributed by atoms with van der Waals surface area (Å²) >= 11 is 0. The number of amides is 1. The highest BCUT2D eigenvalue weighted by Crippen LogP contribution is 2.40. The molecule has 0 saturated carbocycles.